The maximum Gasteiger partial charge on any atom is 0.293 e. The fourth-order valence-electron chi connectivity index (χ4n) is 3.31. The Morgan fingerprint density at radius 2 is 2.08 bits per heavy atom. The van der Waals surface area contributed by atoms with Crippen LogP contribution in [0.4, 0.5) is 11.4 Å². The van der Waals surface area contributed by atoms with Gasteiger partial charge in [0.05, 0.1) is 4.92 Å². The molecule has 2 atom stereocenters. The van der Waals surface area contributed by atoms with Gasteiger partial charge in [-0.15, -0.1) is 12.4 Å². The van der Waals surface area contributed by atoms with Gasteiger partial charge in [-0.25, -0.2) is 0 Å². The molecule has 25 heavy (non-hydrogen) atoms. The molecule has 1 saturated heterocycles. The van der Waals surface area contributed by atoms with Gasteiger partial charge < -0.3 is 16.0 Å². The number of halogens is 1. The number of hydrogen-bond donors (Lipinski definition) is 2. The molecule has 2 fully saturated rings. The lowest BCUT2D eigenvalue weighted by Gasteiger charge is -2.38. The van der Waals surface area contributed by atoms with Crippen molar-refractivity contribution in [2.75, 3.05) is 11.9 Å². The van der Waals surface area contributed by atoms with Crippen LogP contribution >= 0.6 is 12.4 Å². The van der Waals surface area contributed by atoms with E-state index in [1.807, 2.05) is 6.92 Å². The molecule has 1 aliphatic carbocycles. The number of likely N-dealkylation sites (tertiary alicyclic amines) is 1. The maximum absolute atomic E-state index is 12.9. The predicted octanol–water partition coefficient (Wildman–Crippen LogP) is 2.93. The van der Waals surface area contributed by atoms with Crippen LogP contribution in [0, 0.1) is 10.1 Å². The number of carbonyl (C=O) groups excluding carboxylic acids is 1. The molecule has 1 aliphatic heterocycles. The van der Waals surface area contributed by atoms with E-state index in [0.717, 1.165) is 32.1 Å². The molecule has 3 rings (SSSR count). The van der Waals surface area contributed by atoms with E-state index in [4.69, 9.17) is 5.73 Å². The highest BCUT2D eigenvalue weighted by Crippen LogP contribution is 2.32. The van der Waals surface area contributed by atoms with Crippen LogP contribution in [0.2, 0.25) is 0 Å². The average molecular weight is 369 g/mol. The highest BCUT2D eigenvalue weighted by molar-refractivity contribution is 5.96. The van der Waals surface area contributed by atoms with Gasteiger partial charge in [0.25, 0.3) is 11.6 Å². The Kier molecular flexibility index (Phi) is 6.24. The molecule has 2 unspecified atom stereocenters. The zero-order valence-electron chi connectivity index (χ0n) is 14.3. The van der Waals surface area contributed by atoms with Gasteiger partial charge in [-0.05, 0) is 51.2 Å². The molecule has 0 aromatic heterocycles. The maximum atomic E-state index is 12.9. The zero-order chi connectivity index (χ0) is 17.3. The Morgan fingerprint density at radius 1 is 1.36 bits per heavy atom. The second-order valence-corrected chi connectivity index (χ2v) is 6.83. The Hall–Kier alpha value is -1.86. The molecule has 2 aliphatic rings. The summed E-state index contributed by atoms with van der Waals surface area (Å²) >= 11 is 0. The topological polar surface area (TPSA) is 102 Å². The molecule has 0 bridgehead atoms. The van der Waals surface area contributed by atoms with Crippen molar-refractivity contribution < 1.29 is 9.72 Å². The number of nitro benzene ring substituents is 1. The van der Waals surface area contributed by atoms with Gasteiger partial charge >= 0.3 is 0 Å². The van der Waals surface area contributed by atoms with Crippen LogP contribution in [0.5, 0.6) is 0 Å². The van der Waals surface area contributed by atoms with Crippen LogP contribution in [0.15, 0.2) is 18.2 Å². The molecule has 3 N–H and O–H groups in total. The van der Waals surface area contributed by atoms with Crippen molar-refractivity contribution in [2.24, 2.45) is 5.73 Å². The fraction of sp³-hybridized carbons (Fsp3) is 0.588. The highest BCUT2D eigenvalue weighted by Gasteiger charge is 2.31. The van der Waals surface area contributed by atoms with Crippen molar-refractivity contribution in [3.05, 3.63) is 33.9 Å². The number of carbonyl (C=O) groups is 1. The van der Waals surface area contributed by atoms with E-state index in [1.165, 1.54) is 6.07 Å². The number of piperidine rings is 1. The summed E-state index contributed by atoms with van der Waals surface area (Å²) in [5.74, 6) is -0.168. The van der Waals surface area contributed by atoms with Gasteiger partial charge in [-0.2, -0.15) is 0 Å². The van der Waals surface area contributed by atoms with E-state index in [-0.39, 0.29) is 36.1 Å². The highest BCUT2D eigenvalue weighted by atomic mass is 35.5. The van der Waals surface area contributed by atoms with Crippen molar-refractivity contribution in [2.45, 2.75) is 57.2 Å². The Labute approximate surface area is 153 Å². The van der Waals surface area contributed by atoms with E-state index in [1.54, 1.807) is 17.0 Å². The van der Waals surface area contributed by atoms with Gasteiger partial charge in [0, 0.05) is 36.3 Å². The third kappa shape index (κ3) is 4.41. The number of rotatable bonds is 5. The first-order chi connectivity index (χ1) is 11.5. The van der Waals surface area contributed by atoms with Gasteiger partial charge in [-0.3, -0.25) is 14.9 Å². The van der Waals surface area contributed by atoms with E-state index >= 15 is 0 Å². The number of nitro groups is 1. The van der Waals surface area contributed by atoms with Crippen LogP contribution < -0.4 is 11.1 Å². The van der Waals surface area contributed by atoms with Crippen LogP contribution in [0.25, 0.3) is 0 Å². The van der Waals surface area contributed by atoms with Crippen LogP contribution in [0.1, 0.15) is 49.4 Å². The summed E-state index contributed by atoms with van der Waals surface area (Å²) in [6.45, 7) is 2.56. The monoisotopic (exact) mass is 368 g/mol. The predicted molar refractivity (Wildman–Crippen MR) is 99.3 cm³/mol. The SMILES string of the molecule is CC(N)C1CCCCN1C(=O)c1ccc(NC2CC2)c([N+](=O)[O-])c1.Cl. The second kappa shape index (κ2) is 8.01. The molecule has 1 heterocycles. The smallest absolute Gasteiger partial charge is 0.293 e. The molecule has 7 nitrogen and oxygen atoms in total. The summed E-state index contributed by atoms with van der Waals surface area (Å²) in [7, 11) is 0. The summed E-state index contributed by atoms with van der Waals surface area (Å²) in [5.41, 5.74) is 6.83. The Morgan fingerprint density at radius 3 is 2.68 bits per heavy atom. The van der Waals surface area contributed by atoms with Gasteiger partial charge in [0.1, 0.15) is 5.69 Å². The number of nitrogens with one attached hydrogen (secondary N) is 1. The number of hydrogen-bond acceptors (Lipinski definition) is 5. The average Bonchev–Trinajstić information content (AvgIpc) is 3.38. The first-order valence-electron chi connectivity index (χ1n) is 8.59. The van der Waals surface area contributed by atoms with E-state index < -0.39 is 4.92 Å². The van der Waals surface area contributed by atoms with E-state index in [2.05, 4.69) is 5.32 Å². The summed E-state index contributed by atoms with van der Waals surface area (Å²) < 4.78 is 0. The van der Waals surface area contributed by atoms with E-state index in [9.17, 15) is 14.9 Å². The number of anilines is 1. The van der Waals surface area contributed by atoms with Crippen molar-refractivity contribution in [1.29, 1.82) is 0 Å². The normalized spacial score (nSPS) is 21.2. The molecule has 8 heteroatoms. The zero-order valence-corrected chi connectivity index (χ0v) is 15.1. The van der Waals surface area contributed by atoms with Crippen molar-refractivity contribution >= 4 is 29.7 Å². The Bertz CT molecular complexity index is 649. The molecule has 138 valence electrons. The van der Waals surface area contributed by atoms with Gasteiger partial charge in [-0.1, -0.05) is 0 Å². The fourth-order valence-corrected chi connectivity index (χ4v) is 3.31. The molecule has 0 spiro atoms. The van der Waals surface area contributed by atoms with Crippen LogP contribution in [-0.2, 0) is 0 Å². The summed E-state index contributed by atoms with van der Waals surface area (Å²) in [5, 5.41) is 14.5. The first-order valence-corrected chi connectivity index (χ1v) is 8.59. The van der Waals surface area contributed by atoms with Crippen molar-refractivity contribution in [1.82, 2.24) is 4.90 Å². The molecule has 1 amide bonds. The quantitative estimate of drug-likeness (QED) is 0.614. The Balaban J connectivity index is 0.00000225. The van der Waals surface area contributed by atoms with Gasteiger partial charge in [0.15, 0.2) is 0 Å². The van der Waals surface area contributed by atoms with E-state index in [0.29, 0.717) is 23.8 Å². The lowest BCUT2D eigenvalue weighted by molar-refractivity contribution is -0.384. The van der Waals surface area contributed by atoms with Gasteiger partial charge in [0.2, 0.25) is 0 Å². The number of nitrogens with zero attached hydrogens (tertiary/aromatic N) is 2. The van der Waals surface area contributed by atoms with Crippen LogP contribution in [-0.4, -0.2) is 40.4 Å². The minimum atomic E-state index is -0.430. The first kappa shape index (κ1) is 19.5. The minimum absolute atomic E-state index is 0. The number of amides is 1. The summed E-state index contributed by atoms with van der Waals surface area (Å²) in [6.07, 6.45) is 4.94. The van der Waals surface area contributed by atoms with Crippen molar-refractivity contribution in [3.8, 4) is 0 Å². The largest absolute Gasteiger partial charge is 0.377 e. The summed E-state index contributed by atoms with van der Waals surface area (Å²) in [6, 6.07) is 4.91. The van der Waals surface area contributed by atoms with Crippen molar-refractivity contribution in [3.63, 3.8) is 0 Å². The minimum Gasteiger partial charge on any atom is -0.377 e. The molecule has 1 aromatic rings. The van der Waals surface area contributed by atoms with Crippen LogP contribution in [0.3, 0.4) is 0 Å². The second-order valence-electron chi connectivity index (χ2n) is 6.83. The molecule has 0 radical (unpaired) electrons. The summed E-state index contributed by atoms with van der Waals surface area (Å²) in [4.78, 5) is 25.6. The lowest BCUT2D eigenvalue weighted by atomic mass is 9.96. The number of benzene rings is 1. The molecule has 1 aromatic carbocycles. The molecular formula is C17H25ClN4O3. The lowest BCUT2D eigenvalue weighted by Crippen LogP contribution is -2.51. The third-order valence-corrected chi connectivity index (χ3v) is 4.80. The number of nitrogens with two attached hydrogens (primary N) is 1. The molecule has 1 saturated carbocycles. The standard InChI is InChI=1S/C17H24N4O3.ClH/c1-11(18)15-4-2-3-9-20(15)17(22)12-5-8-14(19-13-6-7-13)16(10-12)21(23)24;/h5,8,10-11,13,15,19H,2-4,6-7,9,18H2,1H3;1H. The third-order valence-electron chi connectivity index (χ3n) is 4.80. The molecular weight excluding hydrogens is 344 g/mol.